The molecule has 19 heavy (non-hydrogen) atoms. The Morgan fingerprint density at radius 3 is 2.53 bits per heavy atom. The number of carbonyl (C=O) groups excluding carboxylic acids is 2. The van der Waals surface area contributed by atoms with Crippen molar-refractivity contribution in [2.45, 2.75) is 31.2 Å². The summed E-state index contributed by atoms with van der Waals surface area (Å²) in [6, 6.07) is 9.33. The lowest BCUT2D eigenvalue weighted by atomic mass is 10.3. The van der Waals surface area contributed by atoms with E-state index in [1.807, 2.05) is 37.3 Å². The van der Waals surface area contributed by atoms with Gasteiger partial charge >= 0.3 is 0 Å². The molecular formula is C14H20N2O2S. The van der Waals surface area contributed by atoms with Crippen molar-refractivity contribution < 1.29 is 9.59 Å². The van der Waals surface area contributed by atoms with Crippen LogP contribution in [0, 0.1) is 0 Å². The number of hydrogen-bond donors (Lipinski definition) is 2. The first kappa shape index (κ1) is 15.6. The zero-order valence-electron chi connectivity index (χ0n) is 11.3. The Kier molecular flexibility index (Phi) is 7.03. The van der Waals surface area contributed by atoms with E-state index in [0.717, 1.165) is 11.3 Å². The second-order valence-electron chi connectivity index (χ2n) is 4.17. The lowest BCUT2D eigenvalue weighted by molar-refractivity contribution is -0.127. The minimum atomic E-state index is -0.491. The van der Waals surface area contributed by atoms with Crippen LogP contribution < -0.4 is 10.6 Å². The fraction of sp³-hybridized carbons (Fsp3) is 0.429. The maximum atomic E-state index is 11.9. The lowest BCUT2D eigenvalue weighted by Crippen LogP contribution is -2.47. The SMILES string of the molecule is CCCNC(=O)C(CSc1ccccc1)NC(C)=O. The fourth-order valence-corrected chi connectivity index (χ4v) is 2.44. The summed E-state index contributed by atoms with van der Waals surface area (Å²) in [4.78, 5) is 24.1. The Hall–Kier alpha value is -1.49. The third-order valence-electron chi connectivity index (χ3n) is 2.40. The molecule has 0 bridgehead atoms. The summed E-state index contributed by atoms with van der Waals surface area (Å²) in [6.07, 6.45) is 0.879. The van der Waals surface area contributed by atoms with Crippen LogP contribution in [0.3, 0.4) is 0 Å². The Labute approximate surface area is 118 Å². The molecule has 0 aromatic heterocycles. The van der Waals surface area contributed by atoms with Gasteiger partial charge in [-0.1, -0.05) is 25.1 Å². The molecule has 0 saturated carbocycles. The number of carbonyl (C=O) groups is 2. The molecule has 4 nitrogen and oxygen atoms in total. The number of nitrogens with one attached hydrogen (secondary N) is 2. The molecule has 104 valence electrons. The molecule has 1 rings (SSSR count). The van der Waals surface area contributed by atoms with Gasteiger partial charge in [-0.3, -0.25) is 9.59 Å². The highest BCUT2D eigenvalue weighted by Gasteiger charge is 2.18. The van der Waals surface area contributed by atoms with Crippen LogP contribution in [0.2, 0.25) is 0 Å². The molecule has 1 aromatic rings. The molecule has 2 N–H and O–H groups in total. The van der Waals surface area contributed by atoms with Gasteiger partial charge in [0, 0.05) is 24.1 Å². The number of benzene rings is 1. The molecule has 1 unspecified atom stereocenters. The summed E-state index contributed by atoms with van der Waals surface area (Å²) < 4.78 is 0. The first-order chi connectivity index (χ1) is 9.13. The molecule has 0 radical (unpaired) electrons. The minimum absolute atomic E-state index is 0.125. The fourth-order valence-electron chi connectivity index (χ4n) is 1.50. The van der Waals surface area contributed by atoms with Crippen molar-refractivity contribution in [3.8, 4) is 0 Å². The zero-order chi connectivity index (χ0) is 14.1. The number of hydrogen-bond acceptors (Lipinski definition) is 3. The van der Waals surface area contributed by atoms with E-state index in [9.17, 15) is 9.59 Å². The normalized spacial score (nSPS) is 11.7. The van der Waals surface area contributed by atoms with Crippen molar-refractivity contribution >= 4 is 23.6 Å². The summed E-state index contributed by atoms with van der Waals surface area (Å²) in [5.41, 5.74) is 0. The molecule has 0 aliphatic heterocycles. The summed E-state index contributed by atoms with van der Waals surface area (Å²) in [5, 5.41) is 5.49. The molecule has 0 heterocycles. The Morgan fingerprint density at radius 2 is 1.95 bits per heavy atom. The van der Waals surface area contributed by atoms with Gasteiger partial charge in [-0.05, 0) is 18.6 Å². The van der Waals surface area contributed by atoms with E-state index < -0.39 is 6.04 Å². The molecule has 5 heteroatoms. The molecule has 0 saturated heterocycles. The summed E-state index contributed by atoms with van der Waals surface area (Å²) in [5.74, 6) is 0.213. The van der Waals surface area contributed by atoms with Crippen LogP contribution in [0.25, 0.3) is 0 Å². The lowest BCUT2D eigenvalue weighted by Gasteiger charge is -2.17. The van der Waals surface area contributed by atoms with Gasteiger partial charge in [-0.15, -0.1) is 11.8 Å². The van der Waals surface area contributed by atoms with E-state index >= 15 is 0 Å². The standard InChI is InChI=1S/C14H20N2O2S/c1-3-9-15-14(18)13(16-11(2)17)10-19-12-7-5-4-6-8-12/h4-8,13H,3,9-10H2,1-2H3,(H,15,18)(H,16,17). The van der Waals surface area contributed by atoms with Crippen LogP contribution in [-0.2, 0) is 9.59 Å². The van der Waals surface area contributed by atoms with Crippen molar-refractivity contribution in [2.24, 2.45) is 0 Å². The van der Waals surface area contributed by atoms with Crippen LogP contribution in [0.4, 0.5) is 0 Å². The molecule has 0 aliphatic rings. The van der Waals surface area contributed by atoms with E-state index in [-0.39, 0.29) is 11.8 Å². The van der Waals surface area contributed by atoms with Crippen molar-refractivity contribution in [1.29, 1.82) is 0 Å². The maximum Gasteiger partial charge on any atom is 0.243 e. The van der Waals surface area contributed by atoms with Crippen LogP contribution in [-0.4, -0.2) is 30.2 Å². The van der Waals surface area contributed by atoms with Crippen molar-refractivity contribution in [3.05, 3.63) is 30.3 Å². The average molecular weight is 280 g/mol. The van der Waals surface area contributed by atoms with Crippen molar-refractivity contribution in [2.75, 3.05) is 12.3 Å². The first-order valence-electron chi connectivity index (χ1n) is 6.36. The number of rotatable bonds is 7. The average Bonchev–Trinajstić information content (AvgIpc) is 2.41. The van der Waals surface area contributed by atoms with E-state index in [1.54, 1.807) is 11.8 Å². The van der Waals surface area contributed by atoms with Crippen molar-refractivity contribution in [3.63, 3.8) is 0 Å². The predicted molar refractivity (Wildman–Crippen MR) is 78.1 cm³/mol. The minimum Gasteiger partial charge on any atom is -0.354 e. The molecule has 1 atom stereocenters. The van der Waals surface area contributed by atoms with Gasteiger partial charge in [-0.2, -0.15) is 0 Å². The molecule has 1 aromatic carbocycles. The van der Waals surface area contributed by atoms with Crippen LogP contribution in [0.5, 0.6) is 0 Å². The van der Waals surface area contributed by atoms with Crippen LogP contribution in [0.1, 0.15) is 20.3 Å². The summed E-state index contributed by atoms with van der Waals surface area (Å²) in [7, 11) is 0. The number of amides is 2. The second-order valence-corrected chi connectivity index (χ2v) is 5.26. The van der Waals surface area contributed by atoms with Gasteiger partial charge < -0.3 is 10.6 Å². The number of thioether (sulfide) groups is 1. The van der Waals surface area contributed by atoms with Gasteiger partial charge in [-0.25, -0.2) is 0 Å². The third kappa shape index (κ3) is 6.29. The molecule has 0 spiro atoms. The maximum absolute atomic E-state index is 11.9. The van der Waals surface area contributed by atoms with Gasteiger partial charge in [0.2, 0.25) is 11.8 Å². The van der Waals surface area contributed by atoms with E-state index in [4.69, 9.17) is 0 Å². The molecular weight excluding hydrogens is 260 g/mol. The Balaban J connectivity index is 2.54. The van der Waals surface area contributed by atoms with Gasteiger partial charge in [0.05, 0.1) is 0 Å². The van der Waals surface area contributed by atoms with E-state index in [2.05, 4.69) is 10.6 Å². The van der Waals surface area contributed by atoms with Crippen LogP contribution >= 0.6 is 11.8 Å². The quantitative estimate of drug-likeness (QED) is 0.749. The smallest absolute Gasteiger partial charge is 0.243 e. The molecule has 0 fully saturated rings. The largest absolute Gasteiger partial charge is 0.354 e. The van der Waals surface area contributed by atoms with Gasteiger partial charge in [0.15, 0.2) is 0 Å². The van der Waals surface area contributed by atoms with Crippen LogP contribution in [0.15, 0.2) is 35.2 Å². The zero-order valence-corrected chi connectivity index (χ0v) is 12.1. The Morgan fingerprint density at radius 1 is 1.26 bits per heavy atom. The highest BCUT2D eigenvalue weighted by atomic mass is 32.2. The molecule has 2 amide bonds. The van der Waals surface area contributed by atoms with Crippen molar-refractivity contribution in [1.82, 2.24) is 10.6 Å². The van der Waals surface area contributed by atoms with E-state index in [0.29, 0.717) is 12.3 Å². The summed E-state index contributed by atoms with van der Waals surface area (Å²) >= 11 is 1.56. The third-order valence-corrected chi connectivity index (χ3v) is 3.51. The second kappa shape index (κ2) is 8.58. The van der Waals surface area contributed by atoms with Gasteiger partial charge in [0.1, 0.15) is 6.04 Å². The highest BCUT2D eigenvalue weighted by molar-refractivity contribution is 7.99. The Bertz CT molecular complexity index is 409. The monoisotopic (exact) mass is 280 g/mol. The van der Waals surface area contributed by atoms with Gasteiger partial charge in [0.25, 0.3) is 0 Å². The molecule has 0 aliphatic carbocycles. The summed E-state index contributed by atoms with van der Waals surface area (Å²) in [6.45, 7) is 4.05. The first-order valence-corrected chi connectivity index (χ1v) is 7.34. The topological polar surface area (TPSA) is 58.2 Å². The highest BCUT2D eigenvalue weighted by Crippen LogP contribution is 2.17. The predicted octanol–water partition coefficient (Wildman–Crippen LogP) is 1.81. The van der Waals surface area contributed by atoms with E-state index in [1.165, 1.54) is 6.92 Å².